The number of carbonyl (C=O) groups is 2. The Morgan fingerprint density at radius 3 is 2.52 bits per heavy atom. The fraction of sp³-hybridized carbons (Fsp3) is 0.286. The third-order valence-corrected chi connectivity index (χ3v) is 6.28. The number of hydrogen-bond donors (Lipinski definition) is 1. The first kappa shape index (κ1) is 19.1. The summed E-state index contributed by atoms with van der Waals surface area (Å²) in [6.45, 7) is 3.26. The average Bonchev–Trinajstić information content (AvgIpc) is 2.39. The lowest BCUT2D eigenvalue weighted by Gasteiger charge is -2.13. The first-order valence-electron chi connectivity index (χ1n) is 5.98. The predicted molar refractivity (Wildman–Crippen MR) is 105 cm³/mol. The normalized spacial score (nSPS) is 12.9. The van der Waals surface area contributed by atoms with Crippen molar-refractivity contribution < 1.29 is 19.4 Å². The molecule has 0 aliphatic heterocycles. The molecule has 0 saturated carbocycles. The highest BCUT2D eigenvalue weighted by molar-refractivity contribution is 14.1. The molecule has 1 aromatic rings. The van der Waals surface area contributed by atoms with Gasteiger partial charge in [0.2, 0.25) is 0 Å². The van der Waals surface area contributed by atoms with Gasteiger partial charge in [-0.2, -0.15) is 0 Å². The topological polar surface area (TPSA) is 63.6 Å². The van der Waals surface area contributed by atoms with Crippen LogP contribution in [0.4, 0.5) is 0 Å². The van der Waals surface area contributed by atoms with Crippen molar-refractivity contribution in [1.29, 1.82) is 0 Å². The quantitative estimate of drug-likeness (QED) is 0.227. The molecule has 0 radical (unpaired) electrons. The third-order valence-electron chi connectivity index (χ3n) is 2.61. The summed E-state index contributed by atoms with van der Waals surface area (Å²) in [7, 11) is 0. The van der Waals surface area contributed by atoms with E-state index in [4.69, 9.17) is 9.84 Å². The molecule has 1 rings (SSSR count). The van der Waals surface area contributed by atoms with Gasteiger partial charge in [0.15, 0.2) is 0 Å². The van der Waals surface area contributed by atoms with Gasteiger partial charge in [0, 0.05) is 22.7 Å². The van der Waals surface area contributed by atoms with E-state index in [9.17, 15) is 9.59 Å². The van der Waals surface area contributed by atoms with Crippen molar-refractivity contribution in [2.24, 2.45) is 0 Å². The van der Waals surface area contributed by atoms with E-state index in [1.54, 1.807) is 19.1 Å². The molecule has 0 aliphatic rings. The highest BCUT2D eigenvalue weighted by Crippen LogP contribution is 2.24. The molecule has 0 amide bonds. The van der Waals surface area contributed by atoms with Crippen LogP contribution in [0, 0.1) is 10.7 Å². The molecular weight excluding hydrogens is 613 g/mol. The van der Waals surface area contributed by atoms with Gasteiger partial charge in [0.25, 0.3) is 0 Å². The molecule has 1 unspecified atom stereocenters. The molecule has 0 aliphatic carbocycles. The van der Waals surface area contributed by atoms with Gasteiger partial charge in [-0.05, 0) is 93.8 Å². The van der Waals surface area contributed by atoms with Crippen LogP contribution in [-0.4, -0.2) is 23.1 Å². The first-order chi connectivity index (χ1) is 9.72. The van der Waals surface area contributed by atoms with E-state index in [2.05, 4.69) is 67.8 Å². The molecule has 21 heavy (non-hydrogen) atoms. The van der Waals surface area contributed by atoms with E-state index >= 15 is 0 Å². The Bertz CT molecular complexity index is 596. The Balaban J connectivity index is 2.78. The van der Waals surface area contributed by atoms with E-state index in [1.165, 1.54) is 6.92 Å². The number of carboxylic acids is 1. The number of ether oxygens (including phenoxy) is 1. The Labute approximate surface area is 164 Å². The molecule has 4 nitrogen and oxygen atoms in total. The summed E-state index contributed by atoms with van der Waals surface area (Å²) in [5, 5.41) is 8.77. The molecule has 0 bridgehead atoms. The predicted octanol–water partition coefficient (Wildman–Crippen LogP) is 4.47. The van der Waals surface area contributed by atoms with Gasteiger partial charge in [0.1, 0.15) is 6.10 Å². The van der Waals surface area contributed by atoms with Gasteiger partial charge >= 0.3 is 11.9 Å². The third kappa shape index (κ3) is 6.00. The van der Waals surface area contributed by atoms with Crippen LogP contribution < -0.4 is 0 Å². The zero-order valence-corrected chi connectivity index (χ0v) is 17.8. The van der Waals surface area contributed by atoms with E-state index in [-0.39, 0.29) is 17.6 Å². The average molecular weight is 626 g/mol. The van der Waals surface area contributed by atoms with Crippen LogP contribution in [0.15, 0.2) is 23.8 Å². The van der Waals surface area contributed by atoms with E-state index < -0.39 is 5.97 Å². The molecule has 114 valence electrons. The molecule has 0 heterocycles. The second kappa shape index (κ2) is 8.65. The number of aliphatic carboxylic acids is 1. The number of rotatable bonds is 5. The lowest BCUT2D eigenvalue weighted by molar-refractivity contribution is -0.132. The zero-order valence-electron chi connectivity index (χ0n) is 11.3. The summed E-state index contributed by atoms with van der Waals surface area (Å²) in [5.74, 6) is -1.35. The number of carbonyl (C=O) groups excluding carboxylic acids is 1. The number of esters is 1. The maximum atomic E-state index is 12.2. The molecule has 0 aromatic heterocycles. The summed E-state index contributed by atoms with van der Waals surface area (Å²) in [5.41, 5.74) is 0.786. The van der Waals surface area contributed by atoms with Crippen molar-refractivity contribution in [3.05, 3.63) is 40.1 Å². The zero-order chi connectivity index (χ0) is 16.2. The van der Waals surface area contributed by atoms with Crippen molar-refractivity contribution in [3.63, 3.8) is 0 Å². The fourth-order valence-electron chi connectivity index (χ4n) is 1.43. The Kier molecular flexibility index (Phi) is 7.88. The molecule has 7 heteroatoms. The van der Waals surface area contributed by atoms with Gasteiger partial charge in [-0.15, -0.1) is 0 Å². The lowest BCUT2D eigenvalue weighted by Crippen LogP contribution is -2.16. The van der Waals surface area contributed by atoms with Crippen LogP contribution in [0.25, 0.3) is 0 Å². The van der Waals surface area contributed by atoms with Crippen LogP contribution in [0.3, 0.4) is 0 Å². The fourth-order valence-corrected chi connectivity index (χ4v) is 3.81. The Hall–Kier alpha value is 0.0900. The summed E-state index contributed by atoms with van der Waals surface area (Å²) in [4.78, 5) is 22.9. The highest BCUT2D eigenvalue weighted by Gasteiger charge is 2.17. The summed E-state index contributed by atoms with van der Waals surface area (Å²) < 4.78 is 8.21. The van der Waals surface area contributed by atoms with Gasteiger partial charge in [-0.3, -0.25) is 0 Å². The minimum absolute atomic E-state index is 0.247. The number of benzene rings is 1. The lowest BCUT2D eigenvalue weighted by atomic mass is 10.2. The van der Waals surface area contributed by atoms with Crippen molar-refractivity contribution in [3.8, 4) is 0 Å². The highest BCUT2D eigenvalue weighted by atomic mass is 127. The largest absolute Gasteiger partial charge is 0.478 e. The molecule has 0 saturated heterocycles. The molecule has 0 spiro atoms. The second-order valence-electron chi connectivity index (χ2n) is 4.39. The smallest absolute Gasteiger partial charge is 0.339 e. The van der Waals surface area contributed by atoms with Crippen LogP contribution in [0.5, 0.6) is 0 Å². The van der Waals surface area contributed by atoms with E-state index in [1.807, 2.05) is 6.07 Å². The Morgan fingerprint density at radius 2 is 1.95 bits per heavy atom. The van der Waals surface area contributed by atoms with Crippen LogP contribution >= 0.6 is 67.8 Å². The number of halogens is 3. The number of hydrogen-bond acceptors (Lipinski definition) is 3. The van der Waals surface area contributed by atoms with Crippen molar-refractivity contribution in [2.45, 2.75) is 26.4 Å². The molecular formula is C14H13I3O4. The van der Waals surface area contributed by atoms with Crippen LogP contribution in [0.2, 0.25) is 0 Å². The standard InChI is InChI=1S/C14H13I3O4/c1-7(13(18)19)3-4-8(2)21-14(20)10-5-9(15)6-11(16)12(10)17/h3,5-6,8H,4H2,1-2H3,(H,18,19)/b7-3+. The van der Waals surface area contributed by atoms with Gasteiger partial charge < -0.3 is 9.84 Å². The van der Waals surface area contributed by atoms with E-state index in [0.29, 0.717) is 12.0 Å². The minimum Gasteiger partial charge on any atom is -0.478 e. The summed E-state index contributed by atoms with van der Waals surface area (Å²) >= 11 is 6.46. The molecule has 1 N–H and O–H groups in total. The molecule has 0 fully saturated rings. The van der Waals surface area contributed by atoms with Crippen LogP contribution in [-0.2, 0) is 9.53 Å². The van der Waals surface area contributed by atoms with Gasteiger partial charge in [-0.1, -0.05) is 6.08 Å². The molecule has 1 atom stereocenters. The summed E-state index contributed by atoms with van der Waals surface area (Å²) in [6, 6.07) is 3.78. The monoisotopic (exact) mass is 626 g/mol. The maximum absolute atomic E-state index is 12.2. The first-order valence-corrected chi connectivity index (χ1v) is 9.21. The van der Waals surface area contributed by atoms with Crippen molar-refractivity contribution >= 4 is 79.7 Å². The minimum atomic E-state index is -0.963. The maximum Gasteiger partial charge on any atom is 0.339 e. The van der Waals surface area contributed by atoms with Crippen LogP contribution in [0.1, 0.15) is 30.6 Å². The van der Waals surface area contributed by atoms with E-state index in [0.717, 1.165) is 10.7 Å². The SMILES string of the molecule is C/C(=C\CC(C)OC(=O)c1cc(I)cc(I)c1I)C(=O)O. The Morgan fingerprint density at radius 1 is 1.33 bits per heavy atom. The second-order valence-corrected chi connectivity index (χ2v) is 7.88. The summed E-state index contributed by atoms with van der Waals surface area (Å²) in [6.07, 6.45) is 1.56. The van der Waals surface area contributed by atoms with Gasteiger partial charge in [-0.25, -0.2) is 9.59 Å². The van der Waals surface area contributed by atoms with Crippen molar-refractivity contribution in [1.82, 2.24) is 0 Å². The van der Waals surface area contributed by atoms with Crippen molar-refractivity contribution in [2.75, 3.05) is 0 Å². The van der Waals surface area contributed by atoms with Gasteiger partial charge in [0.05, 0.1) is 5.56 Å². The number of carboxylic acid groups (broad SMARTS) is 1. The molecule has 1 aromatic carbocycles.